The van der Waals surface area contributed by atoms with Crippen molar-refractivity contribution in [2.75, 3.05) is 17.2 Å². The number of carbonyl (C=O) groups excluding carboxylic acids is 2. The fourth-order valence-corrected chi connectivity index (χ4v) is 4.78. The number of halogens is 1. The van der Waals surface area contributed by atoms with Crippen LogP contribution in [0.15, 0.2) is 67.1 Å². The van der Waals surface area contributed by atoms with Crippen LogP contribution in [0.3, 0.4) is 0 Å². The van der Waals surface area contributed by atoms with Crippen molar-refractivity contribution >= 4 is 41.4 Å². The second kappa shape index (κ2) is 12.3. The van der Waals surface area contributed by atoms with E-state index in [2.05, 4.69) is 36.5 Å². The monoisotopic (exact) mass is 542 g/mol. The molecule has 39 heavy (non-hydrogen) atoms. The number of hydrogen-bond donors (Lipinski definition) is 3. The summed E-state index contributed by atoms with van der Waals surface area (Å²) in [6.07, 6.45) is 10.8. The van der Waals surface area contributed by atoms with Gasteiger partial charge in [-0.1, -0.05) is 30.5 Å². The Kier molecular flexibility index (Phi) is 8.23. The maximum Gasteiger partial charge on any atom is 0.244 e. The topological polar surface area (TPSA) is 127 Å². The van der Waals surface area contributed by atoms with E-state index >= 15 is 0 Å². The number of pyridine rings is 1. The van der Waals surface area contributed by atoms with Gasteiger partial charge in [-0.15, -0.1) is 5.10 Å². The van der Waals surface area contributed by atoms with E-state index in [1.165, 1.54) is 17.1 Å². The van der Waals surface area contributed by atoms with Crippen LogP contribution in [0.5, 0.6) is 0 Å². The quantitative estimate of drug-likeness (QED) is 0.236. The van der Waals surface area contributed by atoms with Gasteiger partial charge < -0.3 is 16.0 Å². The minimum atomic E-state index is -0.257. The molecule has 0 spiro atoms. The molecule has 0 saturated heterocycles. The van der Waals surface area contributed by atoms with Crippen LogP contribution in [0.4, 0.5) is 11.4 Å². The summed E-state index contributed by atoms with van der Waals surface area (Å²) < 4.78 is 1.51. The van der Waals surface area contributed by atoms with Crippen LogP contribution in [0.1, 0.15) is 43.0 Å². The molecule has 2 aromatic heterocycles. The van der Waals surface area contributed by atoms with Crippen LogP contribution < -0.4 is 16.0 Å². The summed E-state index contributed by atoms with van der Waals surface area (Å²) in [4.78, 5) is 28.6. The number of anilines is 2. The normalized spacial score (nSPS) is 15.4. The number of amides is 2. The van der Waals surface area contributed by atoms with Crippen molar-refractivity contribution in [1.29, 1.82) is 0 Å². The first kappa shape index (κ1) is 26.1. The summed E-state index contributed by atoms with van der Waals surface area (Å²) in [7, 11) is 0. The average molecular weight is 543 g/mol. The van der Waals surface area contributed by atoms with Gasteiger partial charge in [-0.2, -0.15) is 4.68 Å². The highest BCUT2D eigenvalue weighted by atomic mass is 35.5. The third-order valence-corrected chi connectivity index (χ3v) is 6.73. The highest BCUT2D eigenvalue weighted by Gasteiger charge is 2.18. The van der Waals surface area contributed by atoms with Gasteiger partial charge in [-0.25, -0.2) is 0 Å². The number of benzene rings is 2. The largest absolute Gasteiger partial charge is 0.384 e. The zero-order chi connectivity index (χ0) is 27.0. The minimum Gasteiger partial charge on any atom is -0.384 e. The summed E-state index contributed by atoms with van der Waals surface area (Å²) in [6.45, 7) is 0.804. The van der Waals surface area contributed by atoms with Gasteiger partial charge in [-0.05, 0) is 77.4 Å². The molecule has 4 aromatic rings. The molecule has 1 aliphatic rings. The Balaban J connectivity index is 1.40. The Hall–Kier alpha value is -4.57. The van der Waals surface area contributed by atoms with Crippen molar-refractivity contribution < 1.29 is 9.59 Å². The fraction of sp³-hybridized carbons (Fsp3) is 0.214. The molecule has 10 nitrogen and oxygen atoms in total. The van der Waals surface area contributed by atoms with E-state index in [9.17, 15) is 9.59 Å². The highest BCUT2D eigenvalue weighted by Crippen LogP contribution is 2.33. The first-order valence-electron chi connectivity index (χ1n) is 12.7. The first-order valence-corrected chi connectivity index (χ1v) is 13.0. The van der Waals surface area contributed by atoms with E-state index in [0.29, 0.717) is 22.7 Å². The standard InChI is InChI=1S/C28H27ClN8O2/c29-21-6-9-27(37-17-33-35-36-37)20(14-21)5-10-28(39)34-24-4-2-1-3-12-30-25-16-22(32-18-38)7-8-23(25)19-11-13-31-26(24)15-19/h5-11,13-18,24,30H,1-4,12H2,(H,32,38)(H,34,39)/b10-5+/t24-/m0/s1. The van der Waals surface area contributed by atoms with Crippen molar-refractivity contribution in [2.45, 2.75) is 31.7 Å². The van der Waals surface area contributed by atoms with Crippen molar-refractivity contribution in [1.82, 2.24) is 30.5 Å². The van der Waals surface area contributed by atoms with Crippen LogP contribution in [-0.2, 0) is 9.59 Å². The molecule has 0 fully saturated rings. The molecule has 2 bridgehead atoms. The van der Waals surface area contributed by atoms with E-state index in [1.54, 1.807) is 30.5 Å². The molecule has 0 radical (unpaired) electrons. The van der Waals surface area contributed by atoms with Gasteiger partial charge in [-0.3, -0.25) is 14.6 Å². The molecule has 0 aliphatic carbocycles. The van der Waals surface area contributed by atoms with Gasteiger partial charge in [0.05, 0.1) is 17.4 Å². The summed E-state index contributed by atoms with van der Waals surface area (Å²) in [5, 5.41) is 21.2. The van der Waals surface area contributed by atoms with E-state index in [-0.39, 0.29) is 11.9 Å². The van der Waals surface area contributed by atoms with E-state index < -0.39 is 0 Å². The van der Waals surface area contributed by atoms with Crippen LogP contribution in [-0.4, -0.2) is 44.1 Å². The van der Waals surface area contributed by atoms with Gasteiger partial charge in [0.1, 0.15) is 6.33 Å². The zero-order valence-corrected chi connectivity index (χ0v) is 21.8. The molecular weight excluding hydrogens is 516 g/mol. The first-order chi connectivity index (χ1) is 19.1. The lowest BCUT2D eigenvalue weighted by atomic mass is 9.98. The molecule has 11 heteroatoms. The highest BCUT2D eigenvalue weighted by molar-refractivity contribution is 6.30. The fourth-order valence-electron chi connectivity index (χ4n) is 4.60. The number of tetrazole rings is 1. The predicted molar refractivity (Wildman–Crippen MR) is 150 cm³/mol. The molecule has 0 saturated carbocycles. The van der Waals surface area contributed by atoms with E-state index in [1.807, 2.05) is 30.3 Å². The molecule has 3 N–H and O–H groups in total. The van der Waals surface area contributed by atoms with Crippen molar-refractivity contribution in [3.05, 3.63) is 83.4 Å². The molecule has 2 amide bonds. The number of rotatable bonds is 6. The van der Waals surface area contributed by atoms with E-state index in [4.69, 9.17) is 11.6 Å². The molecule has 5 rings (SSSR count). The van der Waals surface area contributed by atoms with Gasteiger partial charge in [0.15, 0.2) is 0 Å². The Morgan fingerprint density at radius 1 is 1.10 bits per heavy atom. The number of fused-ring (bicyclic) bond motifs is 4. The summed E-state index contributed by atoms with van der Waals surface area (Å²) in [6, 6.07) is 14.8. The minimum absolute atomic E-state index is 0.242. The van der Waals surface area contributed by atoms with Gasteiger partial charge >= 0.3 is 0 Å². The molecule has 3 heterocycles. The Morgan fingerprint density at radius 3 is 2.87 bits per heavy atom. The smallest absolute Gasteiger partial charge is 0.244 e. The molecule has 198 valence electrons. The molecule has 0 unspecified atom stereocenters. The number of carbonyl (C=O) groups is 2. The molecule has 1 atom stereocenters. The van der Waals surface area contributed by atoms with Crippen LogP contribution in [0.25, 0.3) is 22.9 Å². The SMILES string of the molecule is O=CNc1ccc2c(c1)NCCCCC[C@H](NC(=O)/C=C/c1cc(Cl)ccc1-n1cnnn1)c1cc-2ccn1. The van der Waals surface area contributed by atoms with Crippen molar-refractivity contribution in [3.63, 3.8) is 0 Å². The van der Waals surface area contributed by atoms with Crippen LogP contribution in [0.2, 0.25) is 5.02 Å². The van der Waals surface area contributed by atoms with Gasteiger partial charge in [0.2, 0.25) is 12.3 Å². The summed E-state index contributed by atoms with van der Waals surface area (Å²) >= 11 is 6.21. The zero-order valence-electron chi connectivity index (χ0n) is 21.0. The maximum atomic E-state index is 13.1. The Bertz CT molecular complexity index is 1490. The number of nitrogens with one attached hydrogen (secondary N) is 3. The lowest BCUT2D eigenvalue weighted by Crippen LogP contribution is -2.27. The van der Waals surface area contributed by atoms with Gasteiger partial charge in [0, 0.05) is 46.3 Å². The lowest BCUT2D eigenvalue weighted by Gasteiger charge is -2.20. The third-order valence-electron chi connectivity index (χ3n) is 6.50. The average Bonchev–Trinajstić information content (AvgIpc) is 3.48. The van der Waals surface area contributed by atoms with Gasteiger partial charge in [0.25, 0.3) is 0 Å². The Morgan fingerprint density at radius 2 is 2.03 bits per heavy atom. The number of hydrogen-bond acceptors (Lipinski definition) is 7. The lowest BCUT2D eigenvalue weighted by molar-refractivity contribution is -0.117. The van der Waals surface area contributed by atoms with Crippen molar-refractivity contribution in [2.24, 2.45) is 0 Å². The summed E-state index contributed by atoms with van der Waals surface area (Å²) in [5.41, 5.74) is 5.81. The number of nitrogens with zero attached hydrogens (tertiary/aromatic N) is 5. The van der Waals surface area contributed by atoms with Crippen molar-refractivity contribution in [3.8, 4) is 16.8 Å². The molecular formula is C28H27ClN8O2. The number of aromatic nitrogens is 5. The molecule has 2 aromatic carbocycles. The second-order valence-electron chi connectivity index (χ2n) is 9.12. The van der Waals surface area contributed by atoms with Crippen LogP contribution in [0, 0.1) is 0 Å². The maximum absolute atomic E-state index is 13.1. The van der Waals surface area contributed by atoms with Crippen LogP contribution >= 0.6 is 11.6 Å². The summed E-state index contributed by atoms with van der Waals surface area (Å²) in [5.74, 6) is -0.242. The molecule has 1 aliphatic heterocycles. The third kappa shape index (κ3) is 6.47. The second-order valence-corrected chi connectivity index (χ2v) is 9.56. The van der Waals surface area contributed by atoms with E-state index in [0.717, 1.165) is 60.4 Å². The predicted octanol–water partition coefficient (Wildman–Crippen LogP) is 4.80. The Labute approximate surface area is 230 Å².